The van der Waals surface area contributed by atoms with Crippen LogP contribution in [0.1, 0.15) is 27.2 Å². The van der Waals surface area contributed by atoms with Gasteiger partial charge >= 0.3 is 0 Å². The van der Waals surface area contributed by atoms with E-state index in [0.29, 0.717) is 0 Å². The van der Waals surface area contributed by atoms with Gasteiger partial charge in [-0.2, -0.15) is 0 Å². The minimum Gasteiger partial charge on any atom is -0.387 e. The summed E-state index contributed by atoms with van der Waals surface area (Å²) in [6, 6.07) is 0. The Hall–Kier alpha value is -0.530. The second-order valence-electron chi connectivity index (χ2n) is 2.85. The SMILES string of the molecule is CCC(C)(C)C(N)=NC. The zero-order chi connectivity index (χ0) is 7.49. The molecule has 0 fully saturated rings. The van der Waals surface area contributed by atoms with Crippen LogP contribution in [0.4, 0.5) is 0 Å². The van der Waals surface area contributed by atoms with Crippen molar-refractivity contribution in [1.29, 1.82) is 0 Å². The van der Waals surface area contributed by atoms with Crippen molar-refractivity contribution in [3.63, 3.8) is 0 Å². The Bertz CT molecular complexity index is 114. The predicted octanol–water partition coefficient (Wildman–Crippen LogP) is 1.41. The molecule has 0 saturated carbocycles. The third-order valence-corrected chi connectivity index (χ3v) is 1.82. The average Bonchev–Trinajstić information content (AvgIpc) is 1.86. The molecule has 0 aliphatic rings. The van der Waals surface area contributed by atoms with E-state index in [9.17, 15) is 0 Å². The fourth-order valence-corrected chi connectivity index (χ4v) is 0.484. The first-order valence-corrected chi connectivity index (χ1v) is 3.27. The first kappa shape index (κ1) is 8.47. The molecule has 0 amide bonds. The minimum atomic E-state index is 0.0781. The second kappa shape index (κ2) is 2.85. The molecule has 0 spiro atoms. The molecule has 2 heteroatoms. The molecule has 0 heterocycles. The molecule has 2 N–H and O–H groups in total. The molecule has 0 aromatic heterocycles. The van der Waals surface area contributed by atoms with E-state index in [4.69, 9.17) is 5.73 Å². The Morgan fingerprint density at radius 1 is 1.56 bits per heavy atom. The van der Waals surface area contributed by atoms with Gasteiger partial charge in [-0.25, -0.2) is 0 Å². The highest BCUT2D eigenvalue weighted by molar-refractivity contribution is 5.85. The molecule has 0 bridgehead atoms. The quantitative estimate of drug-likeness (QED) is 0.443. The summed E-state index contributed by atoms with van der Waals surface area (Å²) < 4.78 is 0. The number of rotatable bonds is 2. The van der Waals surface area contributed by atoms with E-state index in [1.165, 1.54) is 0 Å². The molecule has 0 unspecified atom stereocenters. The van der Waals surface area contributed by atoms with Gasteiger partial charge in [0.25, 0.3) is 0 Å². The molecular weight excluding hydrogens is 112 g/mol. The highest BCUT2D eigenvalue weighted by Crippen LogP contribution is 2.18. The van der Waals surface area contributed by atoms with Crippen LogP contribution in [0.3, 0.4) is 0 Å². The van der Waals surface area contributed by atoms with Crippen LogP contribution in [0.15, 0.2) is 4.99 Å². The molecule has 0 atom stereocenters. The zero-order valence-corrected chi connectivity index (χ0v) is 6.73. The maximum absolute atomic E-state index is 5.61. The van der Waals surface area contributed by atoms with Crippen LogP contribution in [-0.4, -0.2) is 12.9 Å². The lowest BCUT2D eigenvalue weighted by Crippen LogP contribution is -2.30. The number of aliphatic imine (C=N–C) groups is 1. The second-order valence-corrected chi connectivity index (χ2v) is 2.85. The smallest absolute Gasteiger partial charge is 0.0990 e. The molecule has 0 radical (unpaired) electrons. The maximum atomic E-state index is 5.61. The summed E-state index contributed by atoms with van der Waals surface area (Å²) >= 11 is 0. The van der Waals surface area contributed by atoms with Gasteiger partial charge in [-0.1, -0.05) is 20.8 Å². The molecule has 2 nitrogen and oxygen atoms in total. The first-order chi connectivity index (χ1) is 4.04. The van der Waals surface area contributed by atoms with Crippen molar-refractivity contribution < 1.29 is 0 Å². The first-order valence-electron chi connectivity index (χ1n) is 3.27. The van der Waals surface area contributed by atoms with Gasteiger partial charge in [0.05, 0.1) is 5.84 Å². The minimum absolute atomic E-state index is 0.0781. The van der Waals surface area contributed by atoms with Crippen LogP contribution in [-0.2, 0) is 0 Å². The van der Waals surface area contributed by atoms with Crippen LogP contribution in [0.2, 0.25) is 0 Å². The van der Waals surface area contributed by atoms with Crippen LogP contribution >= 0.6 is 0 Å². The van der Waals surface area contributed by atoms with E-state index < -0.39 is 0 Å². The lowest BCUT2D eigenvalue weighted by Gasteiger charge is -2.20. The Kier molecular flexibility index (Phi) is 2.68. The van der Waals surface area contributed by atoms with E-state index in [0.717, 1.165) is 12.3 Å². The summed E-state index contributed by atoms with van der Waals surface area (Å²) in [6.45, 7) is 6.29. The standard InChI is InChI=1S/C7H16N2/c1-5-7(2,3)6(8)9-4/h5H2,1-4H3,(H2,8,9). The van der Waals surface area contributed by atoms with Gasteiger partial charge < -0.3 is 5.73 Å². The number of hydrogen-bond donors (Lipinski definition) is 1. The molecule has 54 valence electrons. The summed E-state index contributed by atoms with van der Waals surface area (Å²) in [4.78, 5) is 3.93. The van der Waals surface area contributed by atoms with Crippen LogP contribution < -0.4 is 5.73 Å². The molecule has 0 aliphatic heterocycles. The van der Waals surface area contributed by atoms with E-state index in [1.807, 2.05) is 0 Å². The van der Waals surface area contributed by atoms with Gasteiger partial charge in [-0.15, -0.1) is 0 Å². The van der Waals surface area contributed by atoms with Crippen molar-refractivity contribution in [2.45, 2.75) is 27.2 Å². The van der Waals surface area contributed by atoms with Gasteiger partial charge in [0.1, 0.15) is 0 Å². The predicted molar refractivity (Wildman–Crippen MR) is 41.6 cm³/mol. The number of hydrogen-bond acceptors (Lipinski definition) is 1. The van der Waals surface area contributed by atoms with Gasteiger partial charge in [0.15, 0.2) is 0 Å². The van der Waals surface area contributed by atoms with Crippen LogP contribution in [0, 0.1) is 5.41 Å². The Labute approximate surface area is 57.2 Å². The Morgan fingerprint density at radius 3 is 2.11 bits per heavy atom. The highest BCUT2D eigenvalue weighted by atomic mass is 14.8. The molecule has 0 rings (SSSR count). The highest BCUT2D eigenvalue weighted by Gasteiger charge is 2.18. The van der Waals surface area contributed by atoms with Crippen molar-refractivity contribution in [2.75, 3.05) is 7.05 Å². The summed E-state index contributed by atoms with van der Waals surface area (Å²) in [5.74, 6) is 0.741. The molecule has 0 aromatic rings. The van der Waals surface area contributed by atoms with E-state index in [-0.39, 0.29) is 5.41 Å². The summed E-state index contributed by atoms with van der Waals surface area (Å²) in [6.07, 6.45) is 1.04. The van der Waals surface area contributed by atoms with Crippen LogP contribution in [0.5, 0.6) is 0 Å². The van der Waals surface area contributed by atoms with Crippen molar-refractivity contribution in [2.24, 2.45) is 16.1 Å². The van der Waals surface area contributed by atoms with Gasteiger partial charge in [-0.3, -0.25) is 4.99 Å². The van der Waals surface area contributed by atoms with Gasteiger partial charge in [-0.05, 0) is 6.42 Å². The zero-order valence-electron chi connectivity index (χ0n) is 6.73. The number of nitrogens with zero attached hydrogens (tertiary/aromatic N) is 1. The monoisotopic (exact) mass is 128 g/mol. The van der Waals surface area contributed by atoms with Crippen molar-refractivity contribution >= 4 is 5.84 Å². The topological polar surface area (TPSA) is 38.4 Å². The fourth-order valence-electron chi connectivity index (χ4n) is 0.484. The molecule has 0 saturated heterocycles. The fraction of sp³-hybridized carbons (Fsp3) is 0.857. The summed E-state index contributed by atoms with van der Waals surface area (Å²) in [5.41, 5.74) is 5.69. The lowest BCUT2D eigenvalue weighted by atomic mass is 9.89. The van der Waals surface area contributed by atoms with Crippen molar-refractivity contribution in [3.8, 4) is 0 Å². The number of nitrogens with two attached hydrogens (primary N) is 1. The van der Waals surface area contributed by atoms with Crippen molar-refractivity contribution in [1.82, 2.24) is 0 Å². The average molecular weight is 128 g/mol. The largest absolute Gasteiger partial charge is 0.387 e. The molecule has 0 aliphatic carbocycles. The third kappa shape index (κ3) is 2.04. The van der Waals surface area contributed by atoms with Crippen molar-refractivity contribution in [3.05, 3.63) is 0 Å². The Balaban J connectivity index is 4.14. The Morgan fingerprint density at radius 2 is 2.00 bits per heavy atom. The van der Waals surface area contributed by atoms with E-state index in [1.54, 1.807) is 7.05 Å². The molecule has 9 heavy (non-hydrogen) atoms. The maximum Gasteiger partial charge on any atom is 0.0990 e. The van der Waals surface area contributed by atoms with Gasteiger partial charge in [0, 0.05) is 12.5 Å². The summed E-state index contributed by atoms with van der Waals surface area (Å²) in [5, 5.41) is 0. The lowest BCUT2D eigenvalue weighted by molar-refractivity contribution is 0.497. The van der Waals surface area contributed by atoms with E-state index in [2.05, 4.69) is 25.8 Å². The third-order valence-electron chi connectivity index (χ3n) is 1.82. The van der Waals surface area contributed by atoms with Crippen LogP contribution in [0.25, 0.3) is 0 Å². The van der Waals surface area contributed by atoms with Gasteiger partial charge in [0.2, 0.25) is 0 Å². The molecule has 0 aromatic carbocycles. The molecular formula is C7H16N2. The normalized spacial score (nSPS) is 14.0. The van der Waals surface area contributed by atoms with E-state index >= 15 is 0 Å². The summed E-state index contributed by atoms with van der Waals surface area (Å²) in [7, 11) is 1.73. The number of amidine groups is 1.